The van der Waals surface area contributed by atoms with Gasteiger partial charge < -0.3 is 14.5 Å². The van der Waals surface area contributed by atoms with E-state index in [-0.39, 0.29) is 0 Å². The predicted molar refractivity (Wildman–Crippen MR) is 149 cm³/mol. The molecule has 6 nitrogen and oxygen atoms in total. The van der Waals surface area contributed by atoms with Crippen LogP contribution in [0.2, 0.25) is 0 Å². The molecular weight excluding hydrogens is 456 g/mol. The molecule has 0 radical (unpaired) electrons. The first-order chi connectivity index (χ1) is 18.4. The summed E-state index contributed by atoms with van der Waals surface area (Å²) in [5, 5.41) is 4.67. The summed E-state index contributed by atoms with van der Waals surface area (Å²) in [6.45, 7) is 2.41. The highest BCUT2D eigenvalue weighted by atomic mass is 15.1. The van der Waals surface area contributed by atoms with E-state index in [0.717, 1.165) is 58.7 Å². The molecule has 182 valence electrons. The van der Waals surface area contributed by atoms with Crippen LogP contribution in [0.5, 0.6) is 0 Å². The van der Waals surface area contributed by atoms with Crippen LogP contribution in [-0.4, -0.2) is 30.6 Å². The lowest BCUT2D eigenvalue weighted by Crippen LogP contribution is -2.08. The molecule has 6 heteroatoms. The monoisotopic (exact) mass is 484 g/mol. The Balaban J connectivity index is 1.51. The molecule has 3 aromatic heterocycles. The molecule has 1 N–H and O–H groups in total. The van der Waals surface area contributed by atoms with Crippen molar-refractivity contribution in [1.29, 1.82) is 0 Å². The first-order valence-corrected chi connectivity index (χ1v) is 12.6. The fourth-order valence-corrected chi connectivity index (χ4v) is 4.89. The lowest BCUT2D eigenvalue weighted by atomic mass is 9.99. The second-order valence-electron chi connectivity index (χ2n) is 9.03. The van der Waals surface area contributed by atoms with Gasteiger partial charge in [-0.05, 0) is 23.1 Å². The second-order valence-corrected chi connectivity index (χ2v) is 9.03. The smallest absolute Gasteiger partial charge is 0.146 e. The molecule has 0 unspecified atom stereocenters. The molecule has 37 heavy (non-hydrogen) atoms. The third kappa shape index (κ3) is 4.74. The maximum Gasteiger partial charge on any atom is 0.146 e. The van der Waals surface area contributed by atoms with Crippen LogP contribution in [0.4, 0.5) is 5.82 Å². The van der Waals surface area contributed by atoms with Crippen molar-refractivity contribution in [2.45, 2.75) is 19.5 Å². The van der Waals surface area contributed by atoms with Gasteiger partial charge in [-0.2, -0.15) is 0 Å². The summed E-state index contributed by atoms with van der Waals surface area (Å²) < 4.78 is 4.43. The van der Waals surface area contributed by atoms with Crippen molar-refractivity contribution in [2.24, 2.45) is 0 Å². The summed E-state index contributed by atoms with van der Waals surface area (Å²) >= 11 is 0. The molecule has 0 saturated carbocycles. The van der Waals surface area contributed by atoms with Crippen molar-refractivity contribution in [3.63, 3.8) is 0 Å². The molecule has 0 saturated heterocycles. The number of rotatable bonds is 9. The molecule has 0 aliphatic rings. The lowest BCUT2D eigenvalue weighted by Gasteiger charge is -2.13. The third-order valence-electron chi connectivity index (χ3n) is 6.58. The van der Waals surface area contributed by atoms with Crippen molar-refractivity contribution in [3.8, 4) is 22.4 Å². The maximum absolute atomic E-state index is 4.84. The molecule has 6 aromatic rings. The van der Waals surface area contributed by atoms with Gasteiger partial charge in [-0.1, -0.05) is 91.0 Å². The highest BCUT2D eigenvalue weighted by molar-refractivity contribution is 6.08. The summed E-state index contributed by atoms with van der Waals surface area (Å²) in [4.78, 5) is 13.7. The van der Waals surface area contributed by atoms with Crippen LogP contribution in [0.3, 0.4) is 0 Å². The zero-order valence-electron chi connectivity index (χ0n) is 20.5. The van der Waals surface area contributed by atoms with E-state index in [2.05, 4.69) is 110 Å². The van der Waals surface area contributed by atoms with Crippen molar-refractivity contribution in [3.05, 3.63) is 122 Å². The Hall–Kier alpha value is -4.71. The summed E-state index contributed by atoms with van der Waals surface area (Å²) in [5.74, 6) is 0.860. The van der Waals surface area contributed by atoms with Gasteiger partial charge in [0.1, 0.15) is 17.8 Å². The van der Waals surface area contributed by atoms with Crippen molar-refractivity contribution in [2.75, 3.05) is 11.9 Å². The number of nitrogens with one attached hydrogen (secondary N) is 1. The van der Waals surface area contributed by atoms with E-state index in [9.17, 15) is 0 Å². The highest BCUT2D eigenvalue weighted by Gasteiger charge is 2.24. The van der Waals surface area contributed by atoms with E-state index in [1.54, 1.807) is 6.33 Å². The van der Waals surface area contributed by atoms with E-state index in [1.807, 2.05) is 18.7 Å². The lowest BCUT2D eigenvalue weighted by molar-refractivity contribution is 0.660. The van der Waals surface area contributed by atoms with Crippen LogP contribution >= 0.6 is 0 Å². The van der Waals surface area contributed by atoms with Gasteiger partial charge in [-0.15, -0.1) is 0 Å². The van der Waals surface area contributed by atoms with Gasteiger partial charge in [-0.3, -0.25) is 0 Å². The van der Waals surface area contributed by atoms with E-state index in [0.29, 0.717) is 6.54 Å². The average molecular weight is 485 g/mol. The average Bonchev–Trinajstić information content (AvgIpc) is 3.59. The van der Waals surface area contributed by atoms with Crippen LogP contribution in [0.25, 0.3) is 33.4 Å². The number of anilines is 1. The van der Waals surface area contributed by atoms with Crippen molar-refractivity contribution >= 4 is 16.9 Å². The molecule has 0 fully saturated rings. The highest BCUT2D eigenvalue weighted by Crippen LogP contribution is 2.43. The van der Waals surface area contributed by atoms with Crippen LogP contribution in [0.15, 0.2) is 116 Å². The Morgan fingerprint density at radius 1 is 0.757 bits per heavy atom. The Morgan fingerprint density at radius 3 is 2.16 bits per heavy atom. The van der Waals surface area contributed by atoms with Gasteiger partial charge in [0.15, 0.2) is 0 Å². The Labute approximate surface area is 216 Å². The summed E-state index contributed by atoms with van der Waals surface area (Å²) in [5.41, 5.74) is 6.75. The zero-order chi connectivity index (χ0) is 24.9. The molecule has 0 spiro atoms. The normalized spacial score (nSPS) is 11.1. The van der Waals surface area contributed by atoms with E-state index in [4.69, 9.17) is 9.97 Å². The van der Waals surface area contributed by atoms with E-state index in [1.165, 1.54) is 5.56 Å². The van der Waals surface area contributed by atoms with E-state index >= 15 is 0 Å². The number of aromatic nitrogens is 5. The standard InChI is InChI=1S/C31H28N6/c1-4-11-24(12-5-1)21-37-29(26-15-8-3-9-16-26)27(25-13-6-2-7-14-25)28-30(34-22-35-31(28)37)33-17-10-19-36-20-18-32-23-36/h1-9,11-16,18,20,22-23H,10,17,19,21H2,(H,33,34,35). The summed E-state index contributed by atoms with van der Waals surface area (Å²) in [7, 11) is 0. The summed E-state index contributed by atoms with van der Waals surface area (Å²) in [6.07, 6.45) is 8.29. The molecule has 0 aliphatic carbocycles. The van der Waals surface area contributed by atoms with Gasteiger partial charge >= 0.3 is 0 Å². The van der Waals surface area contributed by atoms with Crippen molar-refractivity contribution < 1.29 is 0 Å². The molecule has 3 heterocycles. The van der Waals surface area contributed by atoms with Gasteiger partial charge in [0.05, 0.1) is 17.4 Å². The Bertz CT molecular complexity index is 1570. The molecule has 6 rings (SSSR count). The maximum atomic E-state index is 4.84. The number of fused-ring (bicyclic) bond motifs is 1. The van der Waals surface area contributed by atoms with Gasteiger partial charge in [0.25, 0.3) is 0 Å². The first kappa shape index (κ1) is 22.7. The molecule has 3 aromatic carbocycles. The van der Waals surface area contributed by atoms with Crippen LogP contribution in [0, 0.1) is 0 Å². The van der Waals surface area contributed by atoms with Crippen molar-refractivity contribution in [1.82, 2.24) is 24.1 Å². The van der Waals surface area contributed by atoms with Gasteiger partial charge in [0.2, 0.25) is 0 Å². The Morgan fingerprint density at radius 2 is 1.46 bits per heavy atom. The minimum atomic E-state index is 0.714. The van der Waals surface area contributed by atoms with Crippen LogP contribution in [0.1, 0.15) is 12.0 Å². The fourth-order valence-electron chi connectivity index (χ4n) is 4.89. The number of benzene rings is 3. The summed E-state index contributed by atoms with van der Waals surface area (Å²) in [6, 6.07) is 31.7. The van der Waals surface area contributed by atoms with E-state index < -0.39 is 0 Å². The minimum absolute atomic E-state index is 0.714. The van der Waals surface area contributed by atoms with Crippen LogP contribution in [-0.2, 0) is 13.1 Å². The SMILES string of the molecule is c1ccc(Cn2c(-c3ccccc3)c(-c3ccccc3)c3c(NCCCn4ccnc4)ncnc32)cc1. The molecule has 0 amide bonds. The quantitative estimate of drug-likeness (QED) is 0.238. The Kier molecular flexibility index (Phi) is 6.45. The second kappa shape index (κ2) is 10.5. The number of nitrogens with zero attached hydrogens (tertiary/aromatic N) is 5. The third-order valence-corrected chi connectivity index (χ3v) is 6.58. The number of hydrogen-bond donors (Lipinski definition) is 1. The zero-order valence-corrected chi connectivity index (χ0v) is 20.5. The topological polar surface area (TPSA) is 60.6 Å². The molecular formula is C31H28N6. The van der Waals surface area contributed by atoms with Gasteiger partial charge in [0, 0.05) is 37.6 Å². The molecule has 0 bridgehead atoms. The number of imidazole rings is 1. The van der Waals surface area contributed by atoms with Gasteiger partial charge in [-0.25, -0.2) is 15.0 Å². The number of aryl methyl sites for hydroxylation is 1. The van der Waals surface area contributed by atoms with Crippen LogP contribution < -0.4 is 5.32 Å². The largest absolute Gasteiger partial charge is 0.369 e. The molecule has 0 aliphatic heterocycles. The molecule has 0 atom stereocenters. The minimum Gasteiger partial charge on any atom is -0.369 e. The fraction of sp³-hybridized carbons (Fsp3) is 0.129. The first-order valence-electron chi connectivity index (χ1n) is 12.6. The number of hydrogen-bond acceptors (Lipinski definition) is 4. The predicted octanol–water partition coefficient (Wildman–Crippen LogP) is 6.51.